The van der Waals surface area contributed by atoms with E-state index < -0.39 is 10.0 Å². The van der Waals surface area contributed by atoms with E-state index in [0.29, 0.717) is 16.7 Å². The van der Waals surface area contributed by atoms with Crippen LogP contribution in [0, 0.1) is 11.8 Å². The van der Waals surface area contributed by atoms with Gasteiger partial charge < -0.3 is 5.32 Å². The first-order valence-corrected chi connectivity index (χ1v) is 8.85. The number of hydrogen-bond acceptors (Lipinski definition) is 3. The predicted molar refractivity (Wildman–Crippen MR) is 80.3 cm³/mol. The van der Waals surface area contributed by atoms with E-state index in [4.69, 9.17) is 0 Å². The van der Waals surface area contributed by atoms with Crippen LogP contribution in [0.25, 0.3) is 0 Å². The van der Waals surface area contributed by atoms with Crippen molar-refractivity contribution in [1.29, 1.82) is 0 Å². The van der Waals surface area contributed by atoms with Crippen LogP contribution in [0.2, 0.25) is 0 Å². The molecule has 0 bridgehead atoms. The highest BCUT2D eigenvalue weighted by molar-refractivity contribution is 7.89. The molecule has 0 aromatic heterocycles. The molecule has 3 rings (SSSR count). The average molecular weight is 294 g/mol. The third kappa shape index (κ3) is 2.44. The Morgan fingerprint density at radius 1 is 1.25 bits per heavy atom. The Kier molecular flexibility index (Phi) is 3.50. The molecular formula is C15H22N2O2S. The SMILES string of the molecule is CC1CCC(NS(=O)(=O)c2ccc3c(c2)NCC3)C1C. The van der Waals surface area contributed by atoms with Gasteiger partial charge in [0.1, 0.15) is 0 Å². The summed E-state index contributed by atoms with van der Waals surface area (Å²) in [4.78, 5) is 0.373. The first kappa shape index (κ1) is 13.9. The first-order valence-electron chi connectivity index (χ1n) is 7.36. The summed E-state index contributed by atoms with van der Waals surface area (Å²) >= 11 is 0. The Labute approximate surface area is 121 Å². The van der Waals surface area contributed by atoms with E-state index >= 15 is 0 Å². The summed E-state index contributed by atoms with van der Waals surface area (Å²) in [7, 11) is -3.41. The van der Waals surface area contributed by atoms with Crippen LogP contribution in [0.5, 0.6) is 0 Å². The lowest BCUT2D eigenvalue weighted by molar-refractivity contribution is 0.402. The quantitative estimate of drug-likeness (QED) is 0.900. The average Bonchev–Trinajstić information content (AvgIpc) is 2.99. The fraction of sp³-hybridized carbons (Fsp3) is 0.600. The van der Waals surface area contributed by atoms with E-state index in [1.165, 1.54) is 5.56 Å². The molecular weight excluding hydrogens is 272 g/mol. The van der Waals surface area contributed by atoms with Gasteiger partial charge in [-0.25, -0.2) is 13.1 Å². The van der Waals surface area contributed by atoms with Gasteiger partial charge in [0.05, 0.1) is 4.90 Å². The molecule has 2 N–H and O–H groups in total. The van der Waals surface area contributed by atoms with Crippen molar-refractivity contribution in [2.45, 2.75) is 44.0 Å². The highest BCUT2D eigenvalue weighted by Gasteiger charge is 2.33. The summed E-state index contributed by atoms with van der Waals surface area (Å²) in [5, 5.41) is 3.23. The molecule has 1 fully saturated rings. The number of rotatable bonds is 3. The third-order valence-corrected chi connectivity index (χ3v) is 6.36. The molecule has 110 valence electrons. The van der Waals surface area contributed by atoms with Gasteiger partial charge in [-0.3, -0.25) is 0 Å². The van der Waals surface area contributed by atoms with E-state index in [2.05, 4.69) is 23.9 Å². The summed E-state index contributed by atoms with van der Waals surface area (Å²) in [6.07, 6.45) is 3.01. The molecule has 1 aliphatic carbocycles. The molecule has 0 saturated heterocycles. The summed E-state index contributed by atoms with van der Waals surface area (Å²) < 4.78 is 27.9. The van der Waals surface area contributed by atoms with Crippen molar-refractivity contribution in [2.24, 2.45) is 11.8 Å². The van der Waals surface area contributed by atoms with Crippen molar-refractivity contribution < 1.29 is 8.42 Å². The second-order valence-corrected chi connectivity index (χ2v) is 7.85. The maximum atomic E-state index is 12.5. The molecule has 2 aliphatic rings. The lowest BCUT2D eigenvalue weighted by Crippen LogP contribution is -2.37. The number of sulfonamides is 1. The van der Waals surface area contributed by atoms with E-state index in [-0.39, 0.29) is 6.04 Å². The predicted octanol–water partition coefficient (Wildman–Crippen LogP) is 2.37. The standard InChI is InChI=1S/C15H22N2O2S/c1-10-3-6-14(11(10)2)17-20(18,19)13-5-4-12-7-8-16-15(12)9-13/h4-5,9-11,14,16-17H,3,6-8H2,1-2H3. The van der Waals surface area contributed by atoms with Crippen LogP contribution >= 0.6 is 0 Å². The second-order valence-electron chi connectivity index (χ2n) is 6.14. The van der Waals surface area contributed by atoms with Gasteiger partial charge in [-0.15, -0.1) is 0 Å². The smallest absolute Gasteiger partial charge is 0.240 e. The van der Waals surface area contributed by atoms with Gasteiger partial charge in [-0.05, 0) is 48.8 Å². The highest BCUT2D eigenvalue weighted by Crippen LogP contribution is 2.32. The van der Waals surface area contributed by atoms with Gasteiger partial charge in [0.2, 0.25) is 10.0 Å². The molecule has 3 unspecified atom stereocenters. The summed E-state index contributed by atoms with van der Waals surface area (Å²) in [6, 6.07) is 5.46. The molecule has 1 heterocycles. The van der Waals surface area contributed by atoms with Crippen LogP contribution < -0.4 is 10.0 Å². The van der Waals surface area contributed by atoms with Gasteiger partial charge in [0.25, 0.3) is 0 Å². The zero-order valence-electron chi connectivity index (χ0n) is 12.0. The minimum absolute atomic E-state index is 0.0659. The van der Waals surface area contributed by atoms with Gasteiger partial charge >= 0.3 is 0 Å². The van der Waals surface area contributed by atoms with Crippen molar-refractivity contribution >= 4 is 15.7 Å². The molecule has 1 aromatic carbocycles. The first-order chi connectivity index (χ1) is 9.47. The van der Waals surface area contributed by atoms with Crippen LogP contribution in [0.3, 0.4) is 0 Å². The Hall–Kier alpha value is -1.07. The molecule has 5 heteroatoms. The van der Waals surface area contributed by atoms with E-state index in [1.54, 1.807) is 12.1 Å². The lowest BCUT2D eigenvalue weighted by Gasteiger charge is -2.19. The summed E-state index contributed by atoms with van der Waals surface area (Å²) in [5.74, 6) is 0.988. The third-order valence-electron chi connectivity index (χ3n) is 4.87. The largest absolute Gasteiger partial charge is 0.384 e. The van der Waals surface area contributed by atoms with E-state index in [9.17, 15) is 8.42 Å². The van der Waals surface area contributed by atoms with Crippen molar-refractivity contribution in [3.8, 4) is 0 Å². The Morgan fingerprint density at radius 2 is 2.05 bits per heavy atom. The minimum Gasteiger partial charge on any atom is -0.384 e. The van der Waals surface area contributed by atoms with Crippen LogP contribution in [0.15, 0.2) is 23.1 Å². The normalized spacial score (nSPS) is 29.2. The second kappa shape index (κ2) is 5.04. The fourth-order valence-corrected chi connectivity index (χ4v) is 4.62. The van der Waals surface area contributed by atoms with Crippen LogP contribution in [0.4, 0.5) is 5.69 Å². The molecule has 4 nitrogen and oxygen atoms in total. The number of benzene rings is 1. The number of nitrogens with one attached hydrogen (secondary N) is 2. The fourth-order valence-electron chi connectivity index (χ4n) is 3.24. The van der Waals surface area contributed by atoms with Crippen molar-refractivity contribution in [1.82, 2.24) is 4.72 Å². The molecule has 0 radical (unpaired) electrons. The van der Waals surface area contributed by atoms with Gasteiger partial charge in [0.15, 0.2) is 0 Å². The van der Waals surface area contributed by atoms with Crippen LogP contribution in [-0.2, 0) is 16.4 Å². The topological polar surface area (TPSA) is 58.2 Å². The number of fused-ring (bicyclic) bond motifs is 1. The maximum absolute atomic E-state index is 12.5. The maximum Gasteiger partial charge on any atom is 0.240 e. The Morgan fingerprint density at radius 3 is 2.75 bits per heavy atom. The summed E-state index contributed by atoms with van der Waals surface area (Å²) in [5.41, 5.74) is 2.16. The number of anilines is 1. The van der Waals surface area contributed by atoms with E-state index in [0.717, 1.165) is 31.5 Å². The van der Waals surface area contributed by atoms with Gasteiger partial charge in [-0.1, -0.05) is 19.9 Å². The molecule has 0 spiro atoms. The monoisotopic (exact) mass is 294 g/mol. The number of hydrogen-bond donors (Lipinski definition) is 2. The molecule has 3 atom stereocenters. The van der Waals surface area contributed by atoms with Crippen LogP contribution in [-0.4, -0.2) is 21.0 Å². The summed E-state index contributed by atoms with van der Waals surface area (Å²) in [6.45, 7) is 5.22. The molecule has 20 heavy (non-hydrogen) atoms. The van der Waals surface area contributed by atoms with Crippen molar-refractivity contribution in [3.63, 3.8) is 0 Å². The van der Waals surface area contributed by atoms with Crippen LogP contribution in [0.1, 0.15) is 32.3 Å². The van der Waals surface area contributed by atoms with Crippen molar-refractivity contribution in [2.75, 3.05) is 11.9 Å². The molecule has 1 saturated carbocycles. The molecule has 1 aromatic rings. The zero-order valence-corrected chi connectivity index (χ0v) is 12.8. The zero-order chi connectivity index (χ0) is 14.3. The Bertz CT molecular complexity index is 612. The van der Waals surface area contributed by atoms with Crippen molar-refractivity contribution in [3.05, 3.63) is 23.8 Å². The molecule has 0 amide bonds. The highest BCUT2D eigenvalue weighted by atomic mass is 32.2. The minimum atomic E-state index is -3.41. The molecule has 1 aliphatic heterocycles. The van der Waals surface area contributed by atoms with Gasteiger partial charge in [-0.2, -0.15) is 0 Å². The van der Waals surface area contributed by atoms with Gasteiger partial charge in [0, 0.05) is 18.3 Å². The van der Waals surface area contributed by atoms with E-state index in [1.807, 2.05) is 6.07 Å². The lowest BCUT2D eigenvalue weighted by atomic mass is 9.98. The Balaban J connectivity index is 1.82.